The molecule has 1 rings (SSSR count). The van der Waals surface area contributed by atoms with Crippen LogP contribution in [0.3, 0.4) is 0 Å². The predicted molar refractivity (Wildman–Crippen MR) is 73.9 cm³/mol. The van der Waals surface area contributed by atoms with Gasteiger partial charge >= 0.3 is 0 Å². The minimum Gasteiger partial charge on any atom is -0.399 e. The highest BCUT2D eigenvalue weighted by molar-refractivity contribution is 7.89. The van der Waals surface area contributed by atoms with Gasteiger partial charge < -0.3 is 11.1 Å². The number of hydrogen-bond acceptors (Lipinski definition) is 4. The first-order chi connectivity index (χ1) is 8.81. The van der Waals surface area contributed by atoms with E-state index in [4.69, 9.17) is 5.73 Å². The van der Waals surface area contributed by atoms with Crippen LogP contribution in [-0.2, 0) is 14.8 Å². The lowest BCUT2D eigenvalue weighted by Crippen LogP contribution is -2.38. The first kappa shape index (κ1) is 15.5. The summed E-state index contributed by atoms with van der Waals surface area (Å²) in [5.74, 6) is -0.0457. The molecule has 0 aliphatic carbocycles. The lowest BCUT2D eigenvalue weighted by molar-refractivity contribution is -0.120. The second-order valence-electron chi connectivity index (χ2n) is 4.59. The van der Waals surface area contributed by atoms with Crippen LogP contribution in [0, 0.1) is 5.92 Å². The quantitative estimate of drug-likeness (QED) is 0.655. The predicted octanol–water partition coefficient (Wildman–Crippen LogP) is 0.319. The molecule has 1 aromatic rings. The van der Waals surface area contributed by atoms with Gasteiger partial charge in [-0.25, -0.2) is 13.1 Å². The number of nitrogens with two attached hydrogens (primary N) is 1. The SMILES string of the molecule is CC(C)CNC(=O)CNS(=O)(=O)c1cccc(N)c1. The smallest absolute Gasteiger partial charge is 0.241 e. The molecule has 6 nitrogen and oxygen atoms in total. The molecular formula is C12H19N3O3S. The summed E-state index contributed by atoms with van der Waals surface area (Å²) in [6.45, 7) is 4.14. The number of sulfonamides is 1. The number of anilines is 1. The van der Waals surface area contributed by atoms with Crippen LogP contribution < -0.4 is 15.8 Å². The molecule has 0 spiro atoms. The third kappa shape index (κ3) is 5.27. The minimum absolute atomic E-state index is 0.0455. The molecule has 0 aliphatic rings. The molecule has 0 atom stereocenters. The molecule has 19 heavy (non-hydrogen) atoms. The first-order valence-electron chi connectivity index (χ1n) is 5.93. The molecule has 7 heteroatoms. The summed E-state index contributed by atoms with van der Waals surface area (Å²) >= 11 is 0. The molecule has 0 saturated heterocycles. The van der Waals surface area contributed by atoms with E-state index in [0.717, 1.165) is 0 Å². The molecule has 1 aromatic carbocycles. The number of benzene rings is 1. The molecule has 0 aliphatic heterocycles. The average molecular weight is 285 g/mol. The third-order valence-electron chi connectivity index (χ3n) is 2.30. The average Bonchev–Trinajstić information content (AvgIpc) is 2.34. The third-order valence-corrected chi connectivity index (χ3v) is 3.70. The van der Waals surface area contributed by atoms with E-state index in [1.807, 2.05) is 13.8 Å². The Morgan fingerprint density at radius 2 is 2.05 bits per heavy atom. The minimum atomic E-state index is -3.71. The van der Waals surface area contributed by atoms with E-state index >= 15 is 0 Å². The molecule has 0 saturated carbocycles. The Balaban J connectivity index is 2.59. The summed E-state index contributed by atoms with van der Waals surface area (Å²) in [7, 11) is -3.71. The summed E-state index contributed by atoms with van der Waals surface area (Å²) in [6.07, 6.45) is 0. The second kappa shape index (κ2) is 6.53. The van der Waals surface area contributed by atoms with E-state index in [2.05, 4.69) is 10.0 Å². The Hall–Kier alpha value is -1.60. The number of nitrogen functional groups attached to an aromatic ring is 1. The Kier molecular flexibility index (Phi) is 5.31. The number of nitrogens with one attached hydrogen (secondary N) is 2. The maximum atomic E-state index is 11.9. The highest BCUT2D eigenvalue weighted by Crippen LogP contribution is 2.11. The fraction of sp³-hybridized carbons (Fsp3) is 0.417. The van der Waals surface area contributed by atoms with E-state index in [9.17, 15) is 13.2 Å². The number of rotatable bonds is 6. The van der Waals surface area contributed by atoms with E-state index < -0.39 is 10.0 Å². The lowest BCUT2D eigenvalue weighted by Gasteiger charge is -2.09. The van der Waals surface area contributed by atoms with Crippen LogP contribution in [0.5, 0.6) is 0 Å². The van der Waals surface area contributed by atoms with Crippen molar-refractivity contribution in [1.82, 2.24) is 10.0 Å². The van der Waals surface area contributed by atoms with Crippen molar-refractivity contribution in [1.29, 1.82) is 0 Å². The normalized spacial score (nSPS) is 11.5. The van der Waals surface area contributed by atoms with Crippen LogP contribution in [0.1, 0.15) is 13.8 Å². The second-order valence-corrected chi connectivity index (χ2v) is 6.36. The van der Waals surface area contributed by atoms with Crippen molar-refractivity contribution in [2.24, 2.45) is 5.92 Å². The molecule has 0 unspecified atom stereocenters. The van der Waals surface area contributed by atoms with Gasteiger partial charge in [-0.2, -0.15) is 0 Å². The fourth-order valence-corrected chi connectivity index (χ4v) is 2.34. The molecule has 4 N–H and O–H groups in total. The van der Waals surface area contributed by atoms with Gasteiger partial charge in [-0.1, -0.05) is 19.9 Å². The van der Waals surface area contributed by atoms with Gasteiger partial charge in [0.1, 0.15) is 0 Å². The highest BCUT2D eigenvalue weighted by atomic mass is 32.2. The first-order valence-corrected chi connectivity index (χ1v) is 7.41. The van der Waals surface area contributed by atoms with Gasteiger partial charge in [0.2, 0.25) is 15.9 Å². The van der Waals surface area contributed by atoms with Crippen LogP contribution in [-0.4, -0.2) is 27.4 Å². The van der Waals surface area contributed by atoms with Gasteiger partial charge in [0.05, 0.1) is 11.4 Å². The largest absolute Gasteiger partial charge is 0.399 e. The molecule has 0 heterocycles. The van der Waals surface area contributed by atoms with Gasteiger partial charge in [0.25, 0.3) is 0 Å². The Morgan fingerprint density at radius 1 is 1.37 bits per heavy atom. The summed E-state index contributed by atoms with van der Waals surface area (Å²) in [4.78, 5) is 11.5. The number of amides is 1. The van der Waals surface area contributed by atoms with Crippen LogP contribution in [0.2, 0.25) is 0 Å². The van der Waals surface area contributed by atoms with E-state index in [0.29, 0.717) is 18.2 Å². The Morgan fingerprint density at radius 3 is 2.63 bits per heavy atom. The lowest BCUT2D eigenvalue weighted by atomic mass is 10.2. The van der Waals surface area contributed by atoms with E-state index in [1.54, 1.807) is 12.1 Å². The molecule has 106 valence electrons. The Bertz CT molecular complexity index is 541. The zero-order valence-corrected chi connectivity index (χ0v) is 11.8. The zero-order valence-electron chi connectivity index (χ0n) is 11.0. The van der Waals surface area contributed by atoms with Crippen molar-refractivity contribution >= 4 is 21.6 Å². The van der Waals surface area contributed by atoms with Crippen LogP contribution in [0.4, 0.5) is 5.69 Å². The summed E-state index contributed by atoms with van der Waals surface area (Å²) in [5, 5.41) is 2.63. The Labute approximate surface area is 113 Å². The van der Waals surface area contributed by atoms with Crippen LogP contribution >= 0.6 is 0 Å². The van der Waals surface area contributed by atoms with Gasteiger partial charge in [0, 0.05) is 12.2 Å². The monoisotopic (exact) mass is 285 g/mol. The maximum Gasteiger partial charge on any atom is 0.241 e. The van der Waals surface area contributed by atoms with Crippen LogP contribution in [0.15, 0.2) is 29.2 Å². The van der Waals surface area contributed by atoms with Crippen molar-refractivity contribution in [3.63, 3.8) is 0 Å². The summed E-state index contributed by atoms with van der Waals surface area (Å²) in [6, 6.07) is 5.90. The maximum absolute atomic E-state index is 11.9. The molecule has 1 amide bonds. The summed E-state index contributed by atoms with van der Waals surface area (Å²) < 4.78 is 26.0. The van der Waals surface area contributed by atoms with E-state index in [1.165, 1.54) is 12.1 Å². The molecule has 0 aromatic heterocycles. The fourth-order valence-electron chi connectivity index (χ4n) is 1.31. The summed E-state index contributed by atoms with van der Waals surface area (Å²) in [5.41, 5.74) is 5.87. The standard InChI is InChI=1S/C12H19N3O3S/c1-9(2)7-14-12(16)8-15-19(17,18)11-5-3-4-10(13)6-11/h3-6,9,15H,7-8,13H2,1-2H3,(H,14,16). The van der Waals surface area contributed by atoms with Gasteiger partial charge in [-0.05, 0) is 24.1 Å². The number of carbonyl (C=O) groups is 1. The van der Waals surface area contributed by atoms with Gasteiger partial charge in [-0.3, -0.25) is 4.79 Å². The van der Waals surface area contributed by atoms with Crippen molar-refractivity contribution in [2.45, 2.75) is 18.7 Å². The van der Waals surface area contributed by atoms with Crippen molar-refractivity contribution in [3.8, 4) is 0 Å². The van der Waals surface area contributed by atoms with Gasteiger partial charge in [-0.15, -0.1) is 0 Å². The van der Waals surface area contributed by atoms with E-state index in [-0.39, 0.29) is 17.3 Å². The molecule has 0 bridgehead atoms. The van der Waals surface area contributed by atoms with Crippen molar-refractivity contribution < 1.29 is 13.2 Å². The van der Waals surface area contributed by atoms with Crippen LogP contribution in [0.25, 0.3) is 0 Å². The zero-order chi connectivity index (χ0) is 14.5. The number of hydrogen-bond donors (Lipinski definition) is 3. The highest BCUT2D eigenvalue weighted by Gasteiger charge is 2.15. The van der Waals surface area contributed by atoms with Crippen molar-refractivity contribution in [3.05, 3.63) is 24.3 Å². The van der Waals surface area contributed by atoms with Crippen molar-refractivity contribution in [2.75, 3.05) is 18.8 Å². The molecular weight excluding hydrogens is 266 g/mol. The molecule has 0 fully saturated rings. The molecule has 0 radical (unpaired) electrons. The topological polar surface area (TPSA) is 101 Å². The number of carbonyl (C=O) groups excluding carboxylic acids is 1. The van der Waals surface area contributed by atoms with Gasteiger partial charge in [0.15, 0.2) is 0 Å².